The van der Waals surface area contributed by atoms with E-state index in [-0.39, 0.29) is 28.4 Å². The molecule has 152 valence electrons. The van der Waals surface area contributed by atoms with Gasteiger partial charge in [0.25, 0.3) is 0 Å². The van der Waals surface area contributed by atoms with Gasteiger partial charge in [0, 0.05) is 18.7 Å². The first-order chi connectivity index (χ1) is 13.0. The maximum atomic E-state index is 12.2. The molecule has 2 aromatic carbocycles. The lowest BCUT2D eigenvalue weighted by molar-refractivity contribution is -0.116. The summed E-state index contributed by atoms with van der Waals surface area (Å²) in [4.78, 5) is 12.0. The number of amides is 1. The number of carbonyl (C=O) groups excluding carboxylic acids is 1. The summed E-state index contributed by atoms with van der Waals surface area (Å²) in [6.45, 7) is 1.45. The molecule has 0 aliphatic rings. The standard InChI is InChI=1S/C17H21N3O6S2/c1-12-3-4-13(11-16(12)27(18,22)23)20-17(21)9-10-19-28(24,25)15-7-5-14(26-2)6-8-15/h3-8,11,19H,9-10H2,1-2H3,(H,20,21)(H2,18,22,23). The number of sulfonamides is 2. The summed E-state index contributed by atoms with van der Waals surface area (Å²) in [6, 6.07) is 10.1. The number of methoxy groups -OCH3 is 1. The third kappa shape index (κ3) is 5.76. The highest BCUT2D eigenvalue weighted by atomic mass is 32.2. The Hall–Kier alpha value is -2.47. The predicted molar refractivity (Wildman–Crippen MR) is 104 cm³/mol. The molecule has 0 bridgehead atoms. The van der Waals surface area contributed by atoms with Gasteiger partial charge in [0.1, 0.15) is 5.75 Å². The number of aryl methyl sites for hydroxylation is 1. The minimum atomic E-state index is -3.92. The van der Waals surface area contributed by atoms with Crippen LogP contribution in [0.5, 0.6) is 5.75 Å². The maximum Gasteiger partial charge on any atom is 0.240 e. The molecule has 0 unspecified atom stereocenters. The molecule has 0 atom stereocenters. The van der Waals surface area contributed by atoms with Crippen LogP contribution < -0.4 is 19.9 Å². The van der Waals surface area contributed by atoms with Gasteiger partial charge < -0.3 is 10.1 Å². The van der Waals surface area contributed by atoms with Crippen molar-refractivity contribution in [3.63, 3.8) is 0 Å². The smallest absolute Gasteiger partial charge is 0.240 e. The fourth-order valence-electron chi connectivity index (χ4n) is 2.34. The summed E-state index contributed by atoms with van der Waals surface area (Å²) >= 11 is 0. The number of ether oxygens (including phenoxy) is 1. The molecule has 28 heavy (non-hydrogen) atoms. The number of primary sulfonamides is 1. The number of anilines is 1. The van der Waals surface area contributed by atoms with Gasteiger partial charge in [-0.3, -0.25) is 4.79 Å². The zero-order valence-electron chi connectivity index (χ0n) is 15.3. The number of nitrogens with two attached hydrogens (primary N) is 1. The first kappa shape index (κ1) is 21.8. The minimum Gasteiger partial charge on any atom is -0.497 e. The van der Waals surface area contributed by atoms with Gasteiger partial charge in [0.2, 0.25) is 26.0 Å². The van der Waals surface area contributed by atoms with Gasteiger partial charge in [0.05, 0.1) is 16.9 Å². The summed E-state index contributed by atoms with van der Waals surface area (Å²) < 4.78 is 54.8. The molecule has 0 spiro atoms. The molecule has 2 aromatic rings. The fraction of sp³-hybridized carbons (Fsp3) is 0.235. The average molecular weight is 428 g/mol. The van der Waals surface area contributed by atoms with E-state index in [4.69, 9.17) is 9.88 Å². The second-order valence-electron chi connectivity index (χ2n) is 5.90. The van der Waals surface area contributed by atoms with Gasteiger partial charge in [-0.05, 0) is 48.9 Å². The molecule has 0 radical (unpaired) electrons. The van der Waals surface area contributed by atoms with Crippen molar-refractivity contribution in [1.29, 1.82) is 0 Å². The molecule has 4 N–H and O–H groups in total. The molecule has 0 saturated carbocycles. The molecular formula is C17H21N3O6S2. The van der Waals surface area contributed by atoms with E-state index in [9.17, 15) is 21.6 Å². The van der Waals surface area contributed by atoms with E-state index >= 15 is 0 Å². The van der Waals surface area contributed by atoms with E-state index in [1.54, 1.807) is 6.92 Å². The Bertz CT molecular complexity index is 1060. The lowest BCUT2D eigenvalue weighted by atomic mass is 10.2. The summed E-state index contributed by atoms with van der Waals surface area (Å²) in [5, 5.41) is 7.65. The van der Waals surface area contributed by atoms with Crippen LogP contribution in [0.4, 0.5) is 5.69 Å². The summed E-state index contributed by atoms with van der Waals surface area (Å²) in [5.74, 6) is 0.0388. The summed E-state index contributed by atoms with van der Waals surface area (Å²) in [7, 11) is -6.21. The van der Waals surface area contributed by atoms with E-state index in [1.165, 1.54) is 49.6 Å². The van der Waals surface area contributed by atoms with Gasteiger partial charge in [-0.1, -0.05) is 6.07 Å². The number of benzene rings is 2. The van der Waals surface area contributed by atoms with Crippen molar-refractivity contribution in [2.75, 3.05) is 19.0 Å². The van der Waals surface area contributed by atoms with E-state index in [1.807, 2.05) is 0 Å². The Labute approximate surface area is 164 Å². The molecule has 0 aliphatic carbocycles. The van der Waals surface area contributed by atoms with E-state index in [0.29, 0.717) is 11.3 Å². The largest absolute Gasteiger partial charge is 0.497 e. The lowest BCUT2D eigenvalue weighted by Gasteiger charge is -2.10. The number of hydrogen-bond donors (Lipinski definition) is 3. The Morgan fingerprint density at radius 3 is 2.29 bits per heavy atom. The molecule has 9 nitrogen and oxygen atoms in total. The third-order valence-electron chi connectivity index (χ3n) is 3.79. The Morgan fingerprint density at radius 1 is 1.07 bits per heavy atom. The van der Waals surface area contributed by atoms with Crippen molar-refractivity contribution in [3.05, 3.63) is 48.0 Å². The molecular weight excluding hydrogens is 406 g/mol. The predicted octanol–water partition coefficient (Wildman–Crippen LogP) is 0.958. The van der Waals surface area contributed by atoms with Crippen LogP contribution >= 0.6 is 0 Å². The second-order valence-corrected chi connectivity index (χ2v) is 9.19. The molecule has 2 rings (SSSR count). The van der Waals surface area contributed by atoms with E-state index in [0.717, 1.165) is 0 Å². The van der Waals surface area contributed by atoms with Crippen molar-refractivity contribution >= 4 is 31.6 Å². The Kier molecular flexibility index (Phi) is 6.77. The van der Waals surface area contributed by atoms with Gasteiger partial charge in [-0.15, -0.1) is 0 Å². The van der Waals surface area contributed by atoms with Crippen molar-refractivity contribution in [2.45, 2.75) is 23.1 Å². The summed E-state index contributed by atoms with van der Waals surface area (Å²) in [6.07, 6.45) is -0.145. The first-order valence-corrected chi connectivity index (χ1v) is 11.1. The third-order valence-corrected chi connectivity index (χ3v) is 6.32. The van der Waals surface area contributed by atoms with Crippen LogP contribution in [-0.4, -0.2) is 36.4 Å². The van der Waals surface area contributed by atoms with Crippen LogP contribution in [0.1, 0.15) is 12.0 Å². The van der Waals surface area contributed by atoms with E-state index < -0.39 is 26.0 Å². The van der Waals surface area contributed by atoms with E-state index in [2.05, 4.69) is 10.0 Å². The number of hydrogen-bond acceptors (Lipinski definition) is 6. The molecule has 0 aromatic heterocycles. The Balaban J connectivity index is 1.95. The van der Waals surface area contributed by atoms with Crippen LogP contribution in [0.25, 0.3) is 0 Å². The normalized spacial score (nSPS) is 11.8. The van der Waals surface area contributed by atoms with Crippen LogP contribution in [-0.2, 0) is 24.8 Å². The highest BCUT2D eigenvalue weighted by Crippen LogP contribution is 2.19. The zero-order valence-corrected chi connectivity index (χ0v) is 16.9. The highest BCUT2D eigenvalue weighted by molar-refractivity contribution is 7.89. The number of carbonyl (C=O) groups is 1. The second kappa shape index (κ2) is 8.69. The number of nitrogens with one attached hydrogen (secondary N) is 2. The fourth-order valence-corrected chi connectivity index (χ4v) is 4.18. The molecule has 0 aliphatic heterocycles. The van der Waals surface area contributed by atoms with Gasteiger partial charge in [-0.25, -0.2) is 26.7 Å². The monoisotopic (exact) mass is 427 g/mol. The number of rotatable bonds is 8. The Morgan fingerprint density at radius 2 is 1.71 bits per heavy atom. The van der Waals surface area contributed by atoms with Crippen molar-refractivity contribution in [1.82, 2.24) is 4.72 Å². The van der Waals surface area contributed by atoms with Crippen LogP contribution in [0.2, 0.25) is 0 Å². The molecule has 1 amide bonds. The van der Waals surface area contributed by atoms with Crippen LogP contribution in [0.3, 0.4) is 0 Å². The minimum absolute atomic E-state index is 0.0463. The first-order valence-electron chi connectivity index (χ1n) is 8.10. The van der Waals surface area contributed by atoms with Crippen LogP contribution in [0, 0.1) is 6.92 Å². The topological polar surface area (TPSA) is 145 Å². The van der Waals surface area contributed by atoms with Gasteiger partial charge in [-0.2, -0.15) is 0 Å². The average Bonchev–Trinajstić information content (AvgIpc) is 2.62. The van der Waals surface area contributed by atoms with Crippen LogP contribution in [0.15, 0.2) is 52.3 Å². The van der Waals surface area contributed by atoms with Crippen molar-refractivity contribution in [2.24, 2.45) is 5.14 Å². The van der Waals surface area contributed by atoms with Crippen molar-refractivity contribution < 1.29 is 26.4 Å². The van der Waals surface area contributed by atoms with Gasteiger partial charge in [0.15, 0.2) is 0 Å². The quantitative estimate of drug-likeness (QED) is 0.572. The highest BCUT2D eigenvalue weighted by Gasteiger charge is 2.15. The zero-order chi connectivity index (χ0) is 20.9. The molecule has 0 fully saturated rings. The SMILES string of the molecule is COc1ccc(S(=O)(=O)NCCC(=O)Nc2ccc(C)c(S(N)(=O)=O)c2)cc1. The molecule has 0 heterocycles. The lowest BCUT2D eigenvalue weighted by Crippen LogP contribution is -2.27. The summed E-state index contributed by atoms with van der Waals surface area (Å²) in [5.41, 5.74) is 0.699. The maximum absolute atomic E-state index is 12.2. The van der Waals surface area contributed by atoms with Crippen molar-refractivity contribution in [3.8, 4) is 5.75 Å². The molecule has 11 heteroatoms. The molecule has 0 saturated heterocycles. The van der Waals surface area contributed by atoms with Gasteiger partial charge >= 0.3 is 0 Å².